The number of aryl methyl sites for hydroxylation is 2. The first-order valence-corrected chi connectivity index (χ1v) is 7.25. The lowest BCUT2D eigenvalue weighted by molar-refractivity contribution is -0.123. The van der Waals surface area contributed by atoms with Gasteiger partial charge in [-0.3, -0.25) is 4.79 Å². The molecule has 23 heavy (non-hydrogen) atoms. The van der Waals surface area contributed by atoms with Gasteiger partial charge in [0.2, 0.25) is 0 Å². The molecule has 0 saturated carbocycles. The van der Waals surface area contributed by atoms with Crippen LogP contribution < -0.4 is 14.9 Å². The Bertz CT molecular complexity index is 711. The van der Waals surface area contributed by atoms with Crippen molar-refractivity contribution in [1.82, 2.24) is 5.43 Å². The van der Waals surface area contributed by atoms with Crippen molar-refractivity contribution in [3.8, 4) is 11.5 Å². The topological polar surface area (TPSA) is 59.9 Å². The first kappa shape index (κ1) is 16.5. The molecule has 0 atom stereocenters. The van der Waals surface area contributed by atoms with Crippen LogP contribution in [-0.4, -0.2) is 25.8 Å². The van der Waals surface area contributed by atoms with Crippen LogP contribution in [0.15, 0.2) is 47.6 Å². The van der Waals surface area contributed by atoms with Gasteiger partial charge in [0.15, 0.2) is 18.1 Å². The van der Waals surface area contributed by atoms with Crippen molar-refractivity contribution >= 4 is 12.1 Å². The van der Waals surface area contributed by atoms with E-state index in [4.69, 9.17) is 9.47 Å². The molecule has 2 aromatic rings. The molecule has 0 unspecified atom stereocenters. The van der Waals surface area contributed by atoms with Gasteiger partial charge in [-0.25, -0.2) is 5.43 Å². The number of benzene rings is 2. The summed E-state index contributed by atoms with van der Waals surface area (Å²) in [5.74, 6) is 0.763. The standard InChI is InChI=1S/C18H20N2O3/c1-13-8-9-15(14(2)10-13)11-19-20-18(21)12-23-17-7-5-4-6-16(17)22-3/h4-11H,12H2,1-3H3,(H,20,21)/b19-11+. The zero-order valence-corrected chi connectivity index (χ0v) is 13.5. The second-order valence-electron chi connectivity index (χ2n) is 5.09. The van der Waals surface area contributed by atoms with Crippen molar-refractivity contribution < 1.29 is 14.3 Å². The molecule has 0 saturated heterocycles. The van der Waals surface area contributed by atoms with Crippen LogP contribution in [0.5, 0.6) is 11.5 Å². The van der Waals surface area contributed by atoms with Gasteiger partial charge in [-0.2, -0.15) is 5.10 Å². The predicted octanol–water partition coefficient (Wildman–Crippen LogP) is 2.84. The number of hydrogen-bond acceptors (Lipinski definition) is 4. The third kappa shape index (κ3) is 4.85. The molecule has 1 N–H and O–H groups in total. The summed E-state index contributed by atoms with van der Waals surface area (Å²) in [6.45, 7) is 3.90. The summed E-state index contributed by atoms with van der Waals surface area (Å²) in [6.07, 6.45) is 1.62. The molecule has 120 valence electrons. The maximum absolute atomic E-state index is 11.8. The molecule has 0 bridgehead atoms. The summed E-state index contributed by atoms with van der Waals surface area (Å²) in [5.41, 5.74) is 5.70. The first-order chi connectivity index (χ1) is 11.1. The van der Waals surface area contributed by atoms with E-state index in [0.717, 1.165) is 11.1 Å². The molecule has 2 rings (SSSR count). The zero-order valence-electron chi connectivity index (χ0n) is 13.5. The Morgan fingerprint density at radius 3 is 2.61 bits per heavy atom. The Kier molecular flexibility index (Phi) is 5.74. The van der Waals surface area contributed by atoms with Crippen molar-refractivity contribution in [2.75, 3.05) is 13.7 Å². The Hall–Kier alpha value is -2.82. The van der Waals surface area contributed by atoms with E-state index < -0.39 is 0 Å². The van der Waals surface area contributed by atoms with Crippen molar-refractivity contribution in [3.05, 3.63) is 59.2 Å². The van der Waals surface area contributed by atoms with Gasteiger partial charge in [-0.1, -0.05) is 35.9 Å². The number of hydrogen-bond donors (Lipinski definition) is 1. The summed E-state index contributed by atoms with van der Waals surface area (Å²) in [4.78, 5) is 11.8. The van der Waals surface area contributed by atoms with Gasteiger partial charge >= 0.3 is 0 Å². The van der Waals surface area contributed by atoms with Crippen LogP contribution in [0.3, 0.4) is 0 Å². The van der Waals surface area contributed by atoms with Gasteiger partial charge in [0.1, 0.15) is 0 Å². The normalized spacial score (nSPS) is 10.6. The highest BCUT2D eigenvalue weighted by molar-refractivity contribution is 5.84. The van der Waals surface area contributed by atoms with E-state index in [1.165, 1.54) is 5.56 Å². The number of carbonyl (C=O) groups is 1. The Balaban J connectivity index is 1.86. The highest BCUT2D eigenvalue weighted by Crippen LogP contribution is 2.25. The van der Waals surface area contributed by atoms with Gasteiger partial charge in [0, 0.05) is 0 Å². The molecule has 5 heteroatoms. The van der Waals surface area contributed by atoms with Gasteiger partial charge in [0.05, 0.1) is 13.3 Å². The molecule has 0 aliphatic heterocycles. The summed E-state index contributed by atoms with van der Waals surface area (Å²) in [5, 5.41) is 3.95. The number of hydrazone groups is 1. The van der Waals surface area contributed by atoms with E-state index in [9.17, 15) is 4.79 Å². The Morgan fingerprint density at radius 1 is 1.17 bits per heavy atom. The molecule has 1 amide bonds. The molecular formula is C18H20N2O3. The third-order valence-electron chi connectivity index (χ3n) is 3.25. The number of nitrogens with one attached hydrogen (secondary N) is 1. The number of methoxy groups -OCH3 is 1. The van der Waals surface area contributed by atoms with E-state index in [0.29, 0.717) is 11.5 Å². The van der Waals surface area contributed by atoms with Crippen LogP contribution in [-0.2, 0) is 4.79 Å². The Morgan fingerprint density at radius 2 is 1.91 bits per heavy atom. The number of amides is 1. The number of carbonyl (C=O) groups excluding carboxylic acids is 1. The molecule has 0 radical (unpaired) electrons. The molecule has 0 aliphatic carbocycles. The van der Waals surface area contributed by atoms with E-state index in [-0.39, 0.29) is 12.5 Å². The highest BCUT2D eigenvalue weighted by atomic mass is 16.5. The maximum atomic E-state index is 11.8. The monoisotopic (exact) mass is 312 g/mol. The lowest BCUT2D eigenvalue weighted by atomic mass is 10.1. The third-order valence-corrected chi connectivity index (χ3v) is 3.25. The van der Waals surface area contributed by atoms with E-state index >= 15 is 0 Å². The minimum Gasteiger partial charge on any atom is -0.493 e. The summed E-state index contributed by atoms with van der Waals surface area (Å²) < 4.78 is 10.6. The van der Waals surface area contributed by atoms with Crippen LogP contribution in [0.1, 0.15) is 16.7 Å². The van der Waals surface area contributed by atoms with Crippen LogP contribution in [0.4, 0.5) is 0 Å². The summed E-state index contributed by atoms with van der Waals surface area (Å²) >= 11 is 0. The second-order valence-corrected chi connectivity index (χ2v) is 5.09. The van der Waals surface area contributed by atoms with Crippen molar-refractivity contribution in [2.24, 2.45) is 5.10 Å². The number of nitrogens with zero attached hydrogens (tertiary/aromatic N) is 1. The van der Waals surface area contributed by atoms with E-state index in [2.05, 4.69) is 16.6 Å². The fourth-order valence-electron chi connectivity index (χ4n) is 2.06. The molecule has 0 aliphatic rings. The maximum Gasteiger partial charge on any atom is 0.277 e. The predicted molar refractivity (Wildman–Crippen MR) is 90.1 cm³/mol. The Labute approximate surface area is 135 Å². The SMILES string of the molecule is COc1ccccc1OCC(=O)N/N=C/c1ccc(C)cc1C. The van der Waals surface area contributed by atoms with Crippen LogP contribution in [0.25, 0.3) is 0 Å². The minimum absolute atomic E-state index is 0.134. The summed E-state index contributed by atoms with van der Waals surface area (Å²) in [6, 6.07) is 13.2. The van der Waals surface area contributed by atoms with Crippen LogP contribution >= 0.6 is 0 Å². The molecule has 0 spiro atoms. The van der Waals surface area contributed by atoms with Gasteiger partial charge < -0.3 is 9.47 Å². The number of para-hydroxylation sites is 2. The number of ether oxygens (including phenoxy) is 2. The average Bonchev–Trinajstić information content (AvgIpc) is 2.55. The van der Waals surface area contributed by atoms with Crippen molar-refractivity contribution in [3.63, 3.8) is 0 Å². The first-order valence-electron chi connectivity index (χ1n) is 7.25. The molecule has 0 aromatic heterocycles. The quantitative estimate of drug-likeness (QED) is 0.659. The fourth-order valence-corrected chi connectivity index (χ4v) is 2.06. The molecule has 0 heterocycles. The molecule has 5 nitrogen and oxygen atoms in total. The zero-order chi connectivity index (χ0) is 16.7. The highest BCUT2D eigenvalue weighted by Gasteiger charge is 2.06. The lowest BCUT2D eigenvalue weighted by Crippen LogP contribution is -2.24. The number of rotatable bonds is 6. The van der Waals surface area contributed by atoms with Gasteiger partial charge in [-0.05, 0) is 37.1 Å². The van der Waals surface area contributed by atoms with Crippen molar-refractivity contribution in [1.29, 1.82) is 0 Å². The van der Waals surface area contributed by atoms with Gasteiger partial charge in [-0.15, -0.1) is 0 Å². The molecular weight excluding hydrogens is 292 g/mol. The minimum atomic E-state index is -0.336. The van der Waals surface area contributed by atoms with Gasteiger partial charge in [0.25, 0.3) is 5.91 Å². The fraction of sp³-hybridized carbons (Fsp3) is 0.222. The molecule has 0 fully saturated rings. The largest absolute Gasteiger partial charge is 0.493 e. The van der Waals surface area contributed by atoms with Crippen molar-refractivity contribution in [2.45, 2.75) is 13.8 Å². The van der Waals surface area contributed by atoms with E-state index in [1.807, 2.05) is 38.1 Å². The van der Waals surface area contributed by atoms with Crippen LogP contribution in [0, 0.1) is 13.8 Å². The smallest absolute Gasteiger partial charge is 0.277 e. The van der Waals surface area contributed by atoms with E-state index in [1.54, 1.807) is 25.5 Å². The lowest BCUT2D eigenvalue weighted by Gasteiger charge is -2.09. The molecule has 2 aromatic carbocycles. The summed E-state index contributed by atoms with van der Waals surface area (Å²) in [7, 11) is 1.55. The van der Waals surface area contributed by atoms with Crippen LogP contribution in [0.2, 0.25) is 0 Å². The average molecular weight is 312 g/mol. The second kappa shape index (κ2) is 7.98.